The summed E-state index contributed by atoms with van der Waals surface area (Å²) >= 11 is 0. The van der Waals surface area contributed by atoms with Crippen molar-refractivity contribution >= 4 is 23.3 Å². The van der Waals surface area contributed by atoms with Gasteiger partial charge in [0.05, 0.1) is 12.8 Å². The number of rotatable bonds is 4. The van der Waals surface area contributed by atoms with Crippen LogP contribution in [0.1, 0.15) is 26.7 Å². The Morgan fingerprint density at radius 1 is 1.43 bits per heavy atom. The number of nitrogens with zero attached hydrogens (tertiary/aromatic N) is 1. The predicted octanol–water partition coefficient (Wildman–Crippen LogP) is 1.73. The fourth-order valence-electron chi connectivity index (χ4n) is 2.35. The lowest BCUT2D eigenvalue weighted by molar-refractivity contribution is -0.141. The van der Waals surface area contributed by atoms with Crippen LogP contribution < -0.4 is 15.4 Å². The summed E-state index contributed by atoms with van der Waals surface area (Å²) in [6.07, 6.45) is 0.756. The summed E-state index contributed by atoms with van der Waals surface area (Å²) in [4.78, 5) is 25.3. The molecule has 1 aromatic carbocycles. The number of para-hydroxylation sites is 1. The van der Waals surface area contributed by atoms with E-state index in [0.29, 0.717) is 30.1 Å². The van der Waals surface area contributed by atoms with Crippen molar-refractivity contribution in [2.24, 2.45) is 0 Å². The van der Waals surface area contributed by atoms with E-state index in [1.54, 1.807) is 36.9 Å². The molecule has 2 N–H and O–H groups in total. The number of esters is 1. The first-order valence-corrected chi connectivity index (χ1v) is 6.83. The normalized spacial score (nSPS) is 16.1. The Morgan fingerprint density at radius 2 is 2.14 bits per heavy atom. The molecule has 0 aromatic heterocycles. The van der Waals surface area contributed by atoms with Gasteiger partial charge in [-0.2, -0.15) is 0 Å². The fourth-order valence-corrected chi connectivity index (χ4v) is 2.35. The number of anilines is 2. The lowest BCUT2D eigenvalue weighted by Crippen LogP contribution is -2.53. The molecule has 0 spiro atoms. The van der Waals surface area contributed by atoms with Crippen LogP contribution >= 0.6 is 0 Å². The average Bonchev–Trinajstić information content (AvgIpc) is 2.42. The number of fused-ring (bicyclic) bond motifs is 1. The lowest BCUT2D eigenvalue weighted by Gasteiger charge is -2.39. The number of hydrogen-bond acceptors (Lipinski definition) is 5. The number of nitrogen functional groups attached to an aromatic ring is 1. The van der Waals surface area contributed by atoms with Gasteiger partial charge in [0.15, 0.2) is 5.60 Å². The number of benzene rings is 1. The fraction of sp³-hybridized carbons (Fsp3) is 0.467. The van der Waals surface area contributed by atoms with Gasteiger partial charge in [0, 0.05) is 13.0 Å². The Bertz CT molecular complexity index is 569. The smallest absolute Gasteiger partial charge is 0.305 e. The summed E-state index contributed by atoms with van der Waals surface area (Å²) in [5.41, 5.74) is 6.08. The molecular formula is C15H20N2O4. The van der Waals surface area contributed by atoms with Crippen LogP contribution in [-0.4, -0.2) is 31.1 Å². The summed E-state index contributed by atoms with van der Waals surface area (Å²) < 4.78 is 10.3. The Morgan fingerprint density at radius 3 is 2.81 bits per heavy atom. The van der Waals surface area contributed by atoms with Crippen LogP contribution in [0.25, 0.3) is 0 Å². The number of carbonyl (C=O) groups excluding carboxylic acids is 2. The summed E-state index contributed by atoms with van der Waals surface area (Å²) in [6.45, 7) is 3.82. The topological polar surface area (TPSA) is 81.9 Å². The quantitative estimate of drug-likeness (QED) is 0.675. The van der Waals surface area contributed by atoms with Gasteiger partial charge in [0.1, 0.15) is 11.4 Å². The minimum absolute atomic E-state index is 0.169. The van der Waals surface area contributed by atoms with Gasteiger partial charge >= 0.3 is 5.97 Å². The SMILES string of the molecule is COC(=O)CCCN1C(=O)C(C)(C)Oc2cccc(N)c21. The van der Waals surface area contributed by atoms with Crippen molar-refractivity contribution in [2.45, 2.75) is 32.3 Å². The van der Waals surface area contributed by atoms with Gasteiger partial charge in [-0.15, -0.1) is 0 Å². The van der Waals surface area contributed by atoms with E-state index >= 15 is 0 Å². The molecule has 0 aliphatic carbocycles. The lowest BCUT2D eigenvalue weighted by atomic mass is 10.0. The molecule has 1 aliphatic heterocycles. The molecule has 1 aromatic rings. The monoisotopic (exact) mass is 292 g/mol. The highest BCUT2D eigenvalue weighted by atomic mass is 16.5. The summed E-state index contributed by atoms with van der Waals surface area (Å²) in [5.74, 6) is 0.117. The maximum Gasteiger partial charge on any atom is 0.305 e. The number of amides is 1. The van der Waals surface area contributed by atoms with Gasteiger partial charge in [-0.1, -0.05) is 6.07 Å². The molecule has 1 aliphatic rings. The molecule has 0 atom stereocenters. The van der Waals surface area contributed by atoms with Crippen LogP contribution in [0.15, 0.2) is 18.2 Å². The van der Waals surface area contributed by atoms with Crippen LogP contribution in [-0.2, 0) is 14.3 Å². The molecular weight excluding hydrogens is 272 g/mol. The molecule has 0 fully saturated rings. The van der Waals surface area contributed by atoms with Crippen molar-refractivity contribution in [1.82, 2.24) is 0 Å². The standard InChI is InChI=1S/C15H20N2O4/c1-15(2)14(19)17(9-5-8-12(18)20-3)13-10(16)6-4-7-11(13)21-15/h4,6-7H,5,8-9,16H2,1-3H3. The zero-order valence-electron chi connectivity index (χ0n) is 12.5. The van der Waals surface area contributed by atoms with Gasteiger partial charge in [-0.25, -0.2) is 0 Å². The Balaban J connectivity index is 2.26. The number of hydrogen-bond donors (Lipinski definition) is 1. The Kier molecular flexibility index (Phi) is 4.06. The molecule has 0 unspecified atom stereocenters. The number of nitrogens with two attached hydrogens (primary N) is 1. The van der Waals surface area contributed by atoms with E-state index in [2.05, 4.69) is 4.74 Å². The molecule has 21 heavy (non-hydrogen) atoms. The van der Waals surface area contributed by atoms with Crippen molar-refractivity contribution < 1.29 is 19.1 Å². The predicted molar refractivity (Wildman–Crippen MR) is 79.2 cm³/mol. The van der Waals surface area contributed by atoms with E-state index < -0.39 is 5.60 Å². The van der Waals surface area contributed by atoms with Gasteiger partial charge in [-0.3, -0.25) is 9.59 Å². The van der Waals surface area contributed by atoms with E-state index in [9.17, 15) is 9.59 Å². The highest BCUT2D eigenvalue weighted by Gasteiger charge is 2.41. The number of carbonyl (C=O) groups is 2. The first-order valence-electron chi connectivity index (χ1n) is 6.83. The highest BCUT2D eigenvalue weighted by molar-refractivity contribution is 6.05. The molecule has 0 saturated carbocycles. The number of methoxy groups -OCH3 is 1. The van der Waals surface area contributed by atoms with Crippen LogP contribution in [0.2, 0.25) is 0 Å². The molecule has 114 valence electrons. The second-order valence-corrected chi connectivity index (χ2v) is 5.44. The largest absolute Gasteiger partial charge is 0.476 e. The van der Waals surface area contributed by atoms with E-state index in [1.165, 1.54) is 7.11 Å². The Hall–Kier alpha value is -2.24. The van der Waals surface area contributed by atoms with E-state index in [4.69, 9.17) is 10.5 Å². The van der Waals surface area contributed by atoms with Gasteiger partial charge in [0.25, 0.3) is 5.91 Å². The maximum absolute atomic E-state index is 12.5. The Labute approximate surface area is 123 Å². The van der Waals surface area contributed by atoms with Crippen molar-refractivity contribution in [3.63, 3.8) is 0 Å². The van der Waals surface area contributed by atoms with Crippen LogP contribution in [0.5, 0.6) is 5.75 Å². The average molecular weight is 292 g/mol. The van der Waals surface area contributed by atoms with Gasteiger partial charge in [0.2, 0.25) is 0 Å². The zero-order valence-corrected chi connectivity index (χ0v) is 12.5. The minimum atomic E-state index is -0.952. The highest BCUT2D eigenvalue weighted by Crippen LogP contribution is 2.41. The molecule has 2 rings (SSSR count). The van der Waals surface area contributed by atoms with E-state index in [-0.39, 0.29) is 18.3 Å². The molecule has 0 saturated heterocycles. The molecule has 6 heteroatoms. The molecule has 0 bridgehead atoms. The van der Waals surface area contributed by atoms with Gasteiger partial charge < -0.3 is 20.1 Å². The summed E-state index contributed by atoms with van der Waals surface area (Å²) in [7, 11) is 1.35. The number of ether oxygens (including phenoxy) is 2. The molecule has 1 amide bonds. The van der Waals surface area contributed by atoms with Crippen molar-refractivity contribution in [1.29, 1.82) is 0 Å². The second-order valence-electron chi connectivity index (χ2n) is 5.44. The minimum Gasteiger partial charge on any atom is -0.476 e. The molecule has 0 radical (unpaired) electrons. The van der Waals surface area contributed by atoms with Crippen molar-refractivity contribution in [3.8, 4) is 5.75 Å². The van der Waals surface area contributed by atoms with E-state index in [1.807, 2.05) is 0 Å². The first-order chi connectivity index (χ1) is 9.86. The van der Waals surface area contributed by atoms with Crippen LogP contribution in [0.3, 0.4) is 0 Å². The third-order valence-corrected chi connectivity index (χ3v) is 3.42. The summed E-state index contributed by atoms with van der Waals surface area (Å²) in [6, 6.07) is 5.29. The van der Waals surface area contributed by atoms with Crippen LogP contribution in [0.4, 0.5) is 11.4 Å². The summed E-state index contributed by atoms with van der Waals surface area (Å²) in [5, 5.41) is 0. The zero-order chi connectivity index (χ0) is 15.6. The van der Waals surface area contributed by atoms with Crippen molar-refractivity contribution in [3.05, 3.63) is 18.2 Å². The molecule has 1 heterocycles. The van der Waals surface area contributed by atoms with Gasteiger partial charge in [-0.05, 0) is 32.4 Å². The maximum atomic E-state index is 12.5. The third kappa shape index (κ3) is 2.94. The first kappa shape index (κ1) is 15.2. The second kappa shape index (κ2) is 5.63. The van der Waals surface area contributed by atoms with Crippen LogP contribution in [0, 0.1) is 0 Å². The third-order valence-electron chi connectivity index (χ3n) is 3.42. The van der Waals surface area contributed by atoms with E-state index in [0.717, 1.165) is 0 Å². The van der Waals surface area contributed by atoms with Crippen molar-refractivity contribution in [2.75, 3.05) is 24.3 Å². The molecule has 6 nitrogen and oxygen atoms in total.